The van der Waals surface area contributed by atoms with Crippen LogP contribution in [-0.4, -0.2) is 85.1 Å². The number of benzene rings is 5. The average Bonchev–Trinajstić information content (AvgIpc) is 4.08. The summed E-state index contributed by atoms with van der Waals surface area (Å²) in [6.45, 7) is 9.70. The van der Waals surface area contributed by atoms with Crippen molar-refractivity contribution in [1.29, 1.82) is 0 Å². The van der Waals surface area contributed by atoms with Crippen LogP contribution in [0, 0.1) is 5.92 Å². The van der Waals surface area contributed by atoms with Crippen molar-refractivity contribution in [1.82, 2.24) is 20.3 Å². The number of halogens is 1. The van der Waals surface area contributed by atoms with Crippen LogP contribution in [0.15, 0.2) is 134 Å². The van der Waals surface area contributed by atoms with Crippen molar-refractivity contribution in [3.8, 4) is 5.75 Å². The lowest BCUT2D eigenvalue weighted by Crippen LogP contribution is -2.55. The standard InChI is InChI=1S/C53H58ClN7O5Si/c1-36-49(67(3,4)43-22-20-42(65-2)21-23-43)48(25-30-58-33-46(56-57-58)44(34-62)38-11-7-5-8-12-38)66-53(36)45-31-39(54)17-24-47(45)59(51(53)64)32-37-15-18-40(19-16-37)60-35-61(41-13-9-6-10-14-41)52(50(60)63)26-28-55-29-27-52/h5-24,31,33,36,44,48-49,55,62H,25-30,32,34-35H2,1-4H3/t36-,44?,48+,49-,53+/m1/s1. The minimum Gasteiger partial charge on any atom is -0.497 e. The number of piperidine rings is 1. The fourth-order valence-corrected chi connectivity index (χ4v) is 16.0. The molecule has 5 heterocycles. The topological polar surface area (TPSA) is 125 Å². The Hall–Kier alpha value is -5.83. The Morgan fingerprint density at radius 3 is 2.28 bits per heavy atom. The molecule has 1 unspecified atom stereocenters. The molecule has 6 aromatic rings. The molecule has 0 radical (unpaired) electrons. The number of carbonyl (C=O) groups is 2. The number of ether oxygens (including phenoxy) is 2. The van der Waals surface area contributed by atoms with E-state index in [0.29, 0.717) is 36.9 Å². The number of nitrogens with one attached hydrogen (secondary N) is 1. The Balaban J connectivity index is 0.949. The molecule has 346 valence electrons. The van der Waals surface area contributed by atoms with Crippen LogP contribution in [0.5, 0.6) is 5.75 Å². The van der Waals surface area contributed by atoms with E-state index in [1.54, 1.807) is 7.11 Å². The average molecular weight is 937 g/mol. The summed E-state index contributed by atoms with van der Waals surface area (Å²) in [5.74, 6) is 0.287. The number of methoxy groups -OCH3 is 1. The first-order valence-corrected chi connectivity index (χ1v) is 26.9. The van der Waals surface area contributed by atoms with Gasteiger partial charge in [0.25, 0.3) is 11.8 Å². The van der Waals surface area contributed by atoms with E-state index in [-0.39, 0.29) is 41.9 Å². The summed E-state index contributed by atoms with van der Waals surface area (Å²) in [6, 6.07) is 42.3. The lowest BCUT2D eigenvalue weighted by molar-refractivity contribution is -0.146. The third-order valence-electron chi connectivity index (χ3n) is 15.3. The summed E-state index contributed by atoms with van der Waals surface area (Å²) in [5.41, 5.74) is 4.16. The SMILES string of the molecule is COc1ccc([Si](C)(C)[C@H]2[C@H](CCn3cc(C(CO)c4ccccc4)nn3)O[C@@]3(C(=O)N(Cc4ccc(N5CN(c6ccccc6)C6(CCNCC6)C5=O)cc4)c4ccc(Cl)cc43)[C@@H]2C)cc1. The number of aliphatic hydroxyl groups is 1. The fourth-order valence-electron chi connectivity index (χ4n) is 11.7. The van der Waals surface area contributed by atoms with Crippen LogP contribution in [0.25, 0.3) is 0 Å². The number of hydrogen-bond acceptors (Lipinski definition) is 9. The first kappa shape index (κ1) is 45.0. The van der Waals surface area contributed by atoms with E-state index in [0.717, 1.165) is 65.4 Å². The third-order valence-corrected chi connectivity index (χ3v) is 19.9. The summed E-state index contributed by atoms with van der Waals surface area (Å²) in [6.07, 6.45) is 3.65. The van der Waals surface area contributed by atoms with Gasteiger partial charge in [-0.25, -0.2) is 0 Å². The van der Waals surface area contributed by atoms with Crippen molar-refractivity contribution < 1.29 is 24.2 Å². The molecule has 3 saturated heterocycles. The molecule has 14 heteroatoms. The first-order valence-electron chi connectivity index (χ1n) is 23.4. The smallest absolute Gasteiger partial charge is 0.264 e. The molecule has 3 fully saturated rings. The van der Waals surface area contributed by atoms with Crippen molar-refractivity contribution in [2.24, 2.45) is 5.92 Å². The van der Waals surface area contributed by atoms with Gasteiger partial charge in [0.15, 0.2) is 5.60 Å². The zero-order chi connectivity index (χ0) is 46.5. The highest BCUT2D eigenvalue weighted by atomic mass is 35.5. The van der Waals surface area contributed by atoms with Gasteiger partial charge >= 0.3 is 0 Å². The highest BCUT2D eigenvalue weighted by Gasteiger charge is 2.66. The Morgan fingerprint density at radius 2 is 1.60 bits per heavy atom. The molecule has 0 aliphatic carbocycles. The maximum absolute atomic E-state index is 15.6. The number of nitrogens with zero attached hydrogens (tertiary/aromatic N) is 6. The number of anilines is 3. The molecule has 5 aromatic carbocycles. The van der Waals surface area contributed by atoms with Crippen LogP contribution in [0.3, 0.4) is 0 Å². The van der Waals surface area contributed by atoms with E-state index in [1.807, 2.05) is 124 Å². The zero-order valence-corrected chi connectivity index (χ0v) is 40.3. The van der Waals surface area contributed by atoms with E-state index in [9.17, 15) is 9.90 Å². The van der Waals surface area contributed by atoms with Crippen LogP contribution >= 0.6 is 11.6 Å². The van der Waals surface area contributed by atoms with Crippen LogP contribution in [-0.2, 0) is 33.0 Å². The molecule has 0 bridgehead atoms. The molecule has 2 N–H and O–H groups in total. The first-order chi connectivity index (χ1) is 32.5. The Labute approximate surface area is 398 Å². The van der Waals surface area contributed by atoms with Gasteiger partial charge in [0.05, 0.1) is 58.4 Å². The molecule has 67 heavy (non-hydrogen) atoms. The number of hydrogen-bond donors (Lipinski definition) is 2. The molecule has 4 aliphatic rings. The van der Waals surface area contributed by atoms with Crippen LogP contribution in [0.2, 0.25) is 23.7 Å². The minimum absolute atomic E-state index is 0.00472. The summed E-state index contributed by atoms with van der Waals surface area (Å²) < 4.78 is 14.8. The number of aromatic nitrogens is 3. The normalized spacial score (nSPS) is 22.8. The highest BCUT2D eigenvalue weighted by molar-refractivity contribution is 6.91. The van der Waals surface area contributed by atoms with Gasteiger partial charge in [-0.3, -0.25) is 19.2 Å². The molecule has 5 atom stereocenters. The molecule has 12 nitrogen and oxygen atoms in total. The highest BCUT2D eigenvalue weighted by Crippen LogP contribution is 2.60. The van der Waals surface area contributed by atoms with Gasteiger partial charge in [0.2, 0.25) is 0 Å². The predicted molar refractivity (Wildman–Crippen MR) is 265 cm³/mol. The maximum Gasteiger partial charge on any atom is 0.264 e. The van der Waals surface area contributed by atoms with Crippen molar-refractivity contribution in [3.63, 3.8) is 0 Å². The van der Waals surface area contributed by atoms with Crippen molar-refractivity contribution in [3.05, 3.63) is 161 Å². The second kappa shape index (κ2) is 18.0. The molecular weight excluding hydrogens is 878 g/mol. The molecule has 2 spiro atoms. The van der Waals surface area contributed by atoms with Crippen LogP contribution < -0.4 is 29.9 Å². The predicted octanol–water partition coefficient (Wildman–Crippen LogP) is 7.85. The molecule has 0 saturated carbocycles. The van der Waals surface area contributed by atoms with Crippen molar-refractivity contribution >= 4 is 53.7 Å². The van der Waals surface area contributed by atoms with Gasteiger partial charge < -0.3 is 29.7 Å². The number of rotatable bonds is 13. The van der Waals surface area contributed by atoms with Gasteiger partial charge in [-0.15, -0.1) is 5.10 Å². The van der Waals surface area contributed by atoms with E-state index in [2.05, 4.69) is 64.8 Å². The van der Waals surface area contributed by atoms with Crippen LogP contribution in [0.4, 0.5) is 17.1 Å². The summed E-state index contributed by atoms with van der Waals surface area (Å²) in [7, 11) is -0.756. The quantitative estimate of drug-likeness (QED) is 0.112. The number of fused-ring (bicyclic) bond motifs is 2. The molecule has 2 amide bonds. The molecule has 4 aliphatic heterocycles. The van der Waals surface area contributed by atoms with Gasteiger partial charge in [-0.2, -0.15) is 0 Å². The van der Waals surface area contributed by atoms with Gasteiger partial charge in [-0.05, 0) is 104 Å². The Morgan fingerprint density at radius 1 is 0.896 bits per heavy atom. The number of para-hydroxylation sites is 1. The molecule has 1 aromatic heterocycles. The van der Waals surface area contributed by atoms with Crippen LogP contribution in [0.1, 0.15) is 54.5 Å². The zero-order valence-electron chi connectivity index (χ0n) is 38.5. The third kappa shape index (κ3) is 7.74. The summed E-state index contributed by atoms with van der Waals surface area (Å²) in [4.78, 5) is 36.1. The van der Waals surface area contributed by atoms with Gasteiger partial charge in [0.1, 0.15) is 11.3 Å². The number of amides is 2. The number of aliphatic hydroxyl groups excluding tert-OH is 1. The second-order valence-corrected chi connectivity index (χ2v) is 24.3. The molecule has 10 rings (SSSR count). The summed E-state index contributed by atoms with van der Waals surface area (Å²) >= 11 is 6.83. The maximum atomic E-state index is 15.6. The lowest BCUT2D eigenvalue weighted by atomic mass is 9.82. The number of carbonyl (C=O) groups excluding carboxylic acids is 2. The fraction of sp³-hybridized carbons (Fsp3) is 0.358. The number of aryl methyl sites for hydroxylation is 1. The van der Waals surface area contributed by atoms with Gasteiger partial charge in [0, 0.05) is 40.6 Å². The largest absolute Gasteiger partial charge is 0.497 e. The Kier molecular flexibility index (Phi) is 12.1. The van der Waals surface area contributed by atoms with E-state index < -0.39 is 19.2 Å². The van der Waals surface area contributed by atoms with E-state index >= 15 is 4.79 Å². The van der Waals surface area contributed by atoms with E-state index in [4.69, 9.17) is 21.1 Å². The lowest BCUT2D eigenvalue weighted by Gasteiger charge is -2.39. The minimum atomic E-state index is -2.43. The van der Waals surface area contributed by atoms with Crippen molar-refractivity contribution in [2.45, 2.75) is 81.1 Å². The monoisotopic (exact) mass is 935 g/mol. The second-order valence-electron chi connectivity index (χ2n) is 19.1. The van der Waals surface area contributed by atoms with E-state index in [1.165, 1.54) is 5.19 Å². The van der Waals surface area contributed by atoms with Gasteiger partial charge in [-0.1, -0.05) is 115 Å². The summed E-state index contributed by atoms with van der Waals surface area (Å²) in [5, 5.41) is 24.6. The van der Waals surface area contributed by atoms with Crippen molar-refractivity contribution in [2.75, 3.05) is 48.2 Å². The molecular formula is C53H58ClN7O5Si. The Bertz CT molecular complexity index is 2730.